The van der Waals surface area contributed by atoms with Crippen molar-refractivity contribution in [3.8, 4) is 5.75 Å². The lowest BCUT2D eigenvalue weighted by molar-refractivity contribution is 0.0184. The van der Waals surface area contributed by atoms with Crippen molar-refractivity contribution in [1.29, 1.82) is 0 Å². The Hall–Kier alpha value is -1.39. The molecule has 1 atom stereocenters. The molecule has 0 saturated heterocycles. The van der Waals surface area contributed by atoms with Crippen LogP contribution in [0.5, 0.6) is 5.75 Å². The van der Waals surface area contributed by atoms with Crippen molar-refractivity contribution in [2.75, 3.05) is 7.11 Å². The molecule has 110 valence electrons. The molecular formula is C17H16BrFO2. The van der Waals surface area contributed by atoms with E-state index in [1.165, 1.54) is 12.7 Å². The van der Waals surface area contributed by atoms with Gasteiger partial charge in [0.25, 0.3) is 0 Å². The van der Waals surface area contributed by atoms with Crippen molar-refractivity contribution in [2.45, 2.75) is 24.9 Å². The summed E-state index contributed by atoms with van der Waals surface area (Å²) < 4.78 is 20.5. The van der Waals surface area contributed by atoms with E-state index in [2.05, 4.69) is 22.0 Å². The highest BCUT2D eigenvalue weighted by molar-refractivity contribution is 9.10. The first-order chi connectivity index (χ1) is 10.0. The molecular weight excluding hydrogens is 335 g/mol. The molecule has 0 spiro atoms. The van der Waals surface area contributed by atoms with Crippen LogP contribution in [0, 0.1) is 5.82 Å². The van der Waals surface area contributed by atoms with E-state index >= 15 is 0 Å². The van der Waals surface area contributed by atoms with Gasteiger partial charge in [-0.2, -0.15) is 0 Å². The molecule has 4 heteroatoms. The lowest BCUT2D eigenvalue weighted by Gasteiger charge is -2.34. The molecule has 0 aromatic heterocycles. The molecule has 0 radical (unpaired) electrons. The number of hydrogen-bond acceptors (Lipinski definition) is 2. The van der Waals surface area contributed by atoms with Gasteiger partial charge in [0.15, 0.2) is 11.6 Å². The third-order valence-corrected chi connectivity index (χ3v) is 4.64. The maximum atomic E-state index is 14.5. The van der Waals surface area contributed by atoms with Crippen molar-refractivity contribution < 1.29 is 14.2 Å². The third-order valence-electron chi connectivity index (χ3n) is 4.14. The third kappa shape index (κ3) is 2.58. The van der Waals surface area contributed by atoms with Crippen LogP contribution in [0.15, 0.2) is 40.9 Å². The van der Waals surface area contributed by atoms with Crippen LogP contribution in [0.3, 0.4) is 0 Å². The van der Waals surface area contributed by atoms with E-state index < -0.39 is 11.4 Å². The molecule has 21 heavy (non-hydrogen) atoms. The average molecular weight is 351 g/mol. The molecule has 2 nitrogen and oxygen atoms in total. The van der Waals surface area contributed by atoms with Gasteiger partial charge < -0.3 is 9.84 Å². The minimum atomic E-state index is -1.18. The van der Waals surface area contributed by atoms with E-state index in [-0.39, 0.29) is 5.75 Å². The van der Waals surface area contributed by atoms with Gasteiger partial charge in [0.1, 0.15) is 0 Å². The van der Waals surface area contributed by atoms with E-state index in [0.717, 1.165) is 16.5 Å². The molecule has 1 unspecified atom stereocenters. The smallest absolute Gasteiger partial charge is 0.171 e. The van der Waals surface area contributed by atoms with Crippen LogP contribution in [0.4, 0.5) is 4.39 Å². The predicted octanol–water partition coefficient (Wildman–Crippen LogP) is 3.97. The summed E-state index contributed by atoms with van der Waals surface area (Å²) in [4.78, 5) is 0. The van der Waals surface area contributed by atoms with Gasteiger partial charge >= 0.3 is 0 Å². The number of aryl methyl sites for hydroxylation is 1. The highest BCUT2D eigenvalue weighted by Gasteiger charge is 2.36. The zero-order valence-electron chi connectivity index (χ0n) is 11.7. The summed E-state index contributed by atoms with van der Waals surface area (Å²) in [7, 11) is 1.43. The van der Waals surface area contributed by atoms with Gasteiger partial charge in [0.2, 0.25) is 0 Å². The highest BCUT2D eigenvalue weighted by atomic mass is 79.9. The van der Waals surface area contributed by atoms with Gasteiger partial charge in [0, 0.05) is 16.5 Å². The van der Waals surface area contributed by atoms with Crippen molar-refractivity contribution in [2.24, 2.45) is 0 Å². The first kappa shape index (κ1) is 14.5. The predicted molar refractivity (Wildman–Crippen MR) is 83.0 cm³/mol. The maximum Gasteiger partial charge on any atom is 0.171 e. The molecule has 0 amide bonds. The van der Waals surface area contributed by atoms with Crippen LogP contribution in [-0.4, -0.2) is 12.2 Å². The quantitative estimate of drug-likeness (QED) is 0.887. The Morgan fingerprint density at radius 2 is 2.05 bits per heavy atom. The Balaban J connectivity index is 2.02. The molecule has 1 aliphatic carbocycles. The van der Waals surface area contributed by atoms with Crippen LogP contribution >= 0.6 is 15.9 Å². The topological polar surface area (TPSA) is 29.5 Å². The summed E-state index contributed by atoms with van der Waals surface area (Å²) in [5, 5.41) is 11.0. The van der Waals surface area contributed by atoms with Crippen LogP contribution in [-0.2, 0) is 18.4 Å². The van der Waals surface area contributed by atoms with Gasteiger partial charge in [-0.3, -0.25) is 0 Å². The number of fused-ring (bicyclic) bond motifs is 1. The summed E-state index contributed by atoms with van der Waals surface area (Å²) in [5.74, 6) is -0.300. The second kappa shape index (κ2) is 5.43. The van der Waals surface area contributed by atoms with E-state index in [9.17, 15) is 9.50 Å². The number of hydrogen-bond donors (Lipinski definition) is 1. The molecule has 0 aliphatic heterocycles. The van der Waals surface area contributed by atoms with Crippen LogP contribution < -0.4 is 4.74 Å². The van der Waals surface area contributed by atoms with Crippen molar-refractivity contribution in [3.63, 3.8) is 0 Å². The SMILES string of the molecule is COc1cccc(C2(O)CCc3cc(Br)ccc3C2)c1F. The molecule has 0 saturated carbocycles. The van der Waals surface area contributed by atoms with Crippen LogP contribution in [0.25, 0.3) is 0 Å². The zero-order valence-corrected chi connectivity index (χ0v) is 13.3. The van der Waals surface area contributed by atoms with E-state index in [0.29, 0.717) is 18.4 Å². The number of methoxy groups -OCH3 is 1. The van der Waals surface area contributed by atoms with Crippen molar-refractivity contribution in [3.05, 3.63) is 63.4 Å². The lowest BCUT2D eigenvalue weighted by Crippen LogP contribution is -2.34. The zero-order chi connectivity index (χ0) is 15.0. The van der Waals surface area contributed by atoms with Gasteiger partial charge in [-0.1, -0.05) is 34.1 Å². The van der Waals surface area contributed by atoms with Crippen LogP contribution in [0.2, 0.25) is 0 Å². The Kier molecular flexibility index (Phi) is 3.76. The second-order valence-electron chi connectivity index (χ2n) is 5.44. The van der Waals surface area contributed by atoms with E-state index in [1.54, 1.807) is 18.2 Å². The molecule has 2 aromatic carbocycles. The number of benzene rings is 2. The molecule has 3 rings (SSSR count). The van der Waals surface area contributed by atoms with Crippen molar-refractivity contribution >= 4 is 15.9 Å². The fraction of sp³-hybridized carbons (Fsp3) is 0.294. The van der Waals surface area contributed by atoms with Gasteiger partial charge in [-0.25, -0.2) is 4.39 Å². The molecule has 0 bridgehead atoms. The number of ether oxygens (including phenoxy) is 1. The fourth-order valence-corrected chi connectivity index (χ4v) is 3.41. The molecule has 1 N–H and O–H groups in total. The Morgan fingerprint density at radius 1 is 1.24 bits per heavy atom. The minimum absolute atomic E-state index is 0.169. The summed E-state index contributed by atoms with van der Waals surface area (Å²) in [6, 6.07) is 10.9. The number of halogens is 2. The van der Waals surface area contributed by atoms with Gasteiger partial charge in [-0.15, -0.1) is 0 Å². The summed E-state index contributed by atoms with van der Waals surface area (Å²) in [5.41, 5.74) is 1.40. The second-order valence-corrected chi connectivity index (χ2v) is 6.36. The molecule has 0 fully saturated rings. The molecule has 2 aromatic rings. The normalized spacial score (nSPS) is 21.0. The summed E-state index contributed by atoms with van der Waals surface area (Å²) in [6.45, 7) is 0. The Morgan fingerprint density at radius 3 is 2.81 bits per heavy atom. The number of aliphatic hydroxyl groups is 1. The minimum Gasteiger partial charge on any atom is -0.494 e. The summed E-state index contributed by atoms with van der Waals surface area (Å²) >= 11 is 3.46. The largest absolute Gasteiger partial charge is 0.494 e. The van der Waals surface area contributed by atoms with Gasteiger partial charge in [0.05, 0.1) is 12.7 Å². The first-order valence-electron chi connectivity index (χ1n) is 6.86. The Bertz CT molecular complexity index is 686. The van der Waals surface area contributed by atoms with E-state index in [4.69, 9.17) is 4.74 Å². The standard InChI is InChI=1S/C17H16BrFO2/c1-21-15-4-2-3-14(16(15)19)17(20)8-7-11-9-13(18)6-5-12(11)10-17/h2-6,9,20H,7-8,10H2,1H3. The molecule has 1 aliphatic rings. The first-order valence-corrected chi connectivity index (χ1v) is 7.65. The highest BCUT2D eigenvalue weighted by Crippen LogP contribution is 2.39. The fourth-order valence-electron chi connectivity index (χ4n) is 3.00. The summed E-state index contributed by atoms with van der Waals surface area (Å²) in [6.07, 6.45) is 1.64. The Labute approximate surface area is 131 Å². The monoisotopic (exact) mass is 350 g/mol. The molecule has 0 heterocycles. The number of rotatable bonds is 2. The van der Waals surface area contributed by atoms with Gasteiger partial charge in [-0.05, 0) is 42.2 Å². The van der Waals surface area contributed by atoms with Crippen molar-refractivity contribution in [1.82, 2.24) is 0 Å². The maximum absolute atomic E-state index is 14.5. The van der Waals surface area contributed by atoms with E-state index in [1.807, 2.05) is 12.1 Å². The van der Waals surface area contributed by atoms with Crippen LogP contribution in [0.1, 0.15) is 23.1 Å². The lowest BCUT2D eigenvalue weighted by atomic mass is 9.76. The average Bonchev–Trinajstić information content (AvgIpc) is 2.48.